The normalized spacial score (nSPS) is 16.8. The first-order chi connectivity index (χ1) is 6.68. The van der Waals surface area contributed by atoms with Crippen LogP contribution in [0.2, 0.25) is 0 Å². The van der Waals surface area contributed by atoms with Gasteiger partial charge in [0.15, 0.2) is 0 Å². The van der Waals surface area contributed by atoms with Gasteiger partial charge in [-0.05, 0) is 27.4 Å². The van der Waals surface area contributed by atoms with Crippen LogP contribution in [0.5, 0.6) is 0 Å². The molecule has 0 atom stereocenters. The van der Waals surface area contributed by atoms with Crippen LogP contribution in [0.3, 0.4) is 0 Å². The summed E-state index contributed by atoms with van der Waals surface area (Å²) in [5.74, 6) is -0.120. The number of rotatable bonds is 2. The van der Waals surface area contributed by atoms with E-state index in [9.17, 15) is 9.59 Å². The molecule has 0 bridgehead atoms. The van der Waals surface area contributed by atoms with Crippen LogP contribution in [-0.4, -0.2) is 16.7 Å². The Morgan fingerprint density at radius 3 is 2.50 bits per heavy atom. The summed E-state index contributed by atoms with van der Waals surface area (Å²) in [6, 6.07) is 1.92. The van der Waals surface area contributed by atoms with Gasteiger partial charge in [0.25, 0.3) is 0 Å². The smallest absolute Gasteiger partial charge is 0.230 e. The number of halogens is 1. The first-order valence-electron chi connectivity index (χ1n) is 4.23. The van der Waals surface area contributed by atoms with Gasteiger partial charge < -0.3 is 0 Å². The molecule has 5 heteroatoms. The molecule has 2 amide bonds. The minimum Gasteiger partial charge on any atom is -0.277 e. The molecular weight excluding hydrogens is 266 g/mol. The summed E-state index contributed by atoms with van der Waals surface area (Å²) in [4.78, 5) is 25.0. The Morgan fingerprint density at radius 2 is 2.00 bits per heavy atom. The Bertz CT molecular complexity index is 372. The summed E-state index contributed by atoms with van der Waals surface area (Å²) < 4.78 is 0.968. The summed E-state index contributed by atoms with van der Waals surface area (Å²) in [5, 5.41) is 1.93. The molecule has 2 heterocycles. The van der Waals surface area contributed by atoms with E-state index in [4.69, 9.17) is 0 Å². The summed E-state index contributed by atoms with van der Waals surface area (Å²) in [5.41, 5.74) is 0. The Hall–Kier alpha value is -0.680. The average molecular weight is 274 g/mol. The van der Waals surface area contributed by atoms with Gasteiger partial charge >= 0.3 is 0 Å². The largest absolute Gasteiger partial charge is 0.277 e. The van der Waals surface area contributed by atoms with Gasteiger partial charge in [-0.3, -0.25) is 14.5 Å². The van der Waals surface area contributed by atoms with Crippen LogP contribution in [0.15, 0.2) is 15.9 Å². The molecule has 1 saturated heterocycles. The topological polar surface area (TPSA) is 37.4 Å². The molecule has 3 nitrogen and oxygen atoms in total. The van der Waals surface area contributed by atoms with Crippen LogP contribution in [0, 0.1) is 0 Å². The van der Waals surface area contributed by atoms with Crippen molar-refractivity contribution >= 4 is 39.1 Å². The SMILES string of the molecule is O=C1CCC(=O)N1Cc1sccc1Br. The quantitative estimate of drug-likeness (QED) is 0.775. The van der Waals surface area contributed by atoms with Crippen molar-refractivity contribution < 1.29 is 9.59 Å². The molecule has 74 valence electrons. The lowest BCUT2D eigenvalue weighted by Gasteiger charge is -2.12. The van der Waals surface area contributed by atoms with Crippen LogP contribution in [-0.2, 0) is 16.1 Å². The molecule has 1 fully saturated rings. The Morgan fingerprint density at radius 1 is 1.36 bits per heavy atom. The Kier molecular flexibility index (Phi) is 2.69. The van der Waals surface area contributed by atoms with Gasteiger partial charge in [0.1, 0.15) is 0 Å². The molecule has 1 aromatic rings. The number of amides is 2. The maximum Gasteiger partial charge on any atom is 0.230 e. The van der Waals surface area contributed by atoms with Crippen LogP contribution < -0.4 is 0 Å². The lowest BCUT2D eigenvalue weighted by atomic mass is 10.4. The number of likely N-dealkylation sites (tertiary alicyclic amines) is 1. The van der Waals surface area contributed by atoms with Crippen LogP contribution in [0.1, 0.15) is 17.7 Å². The van der Waals surface area contributed by atoms with E-state index in [-0.39, 0.29) is 11.8 Å². The monoisotopic (exact) mass is 273 g/mol. The predicted molar refractivity (Wildman–Crippen MR) is 56.8 cm³/mol. The van der Waals surface area contributed by atoms with Gasteiger partial charge in [0.05, 0.1) is 6.54 Å². The summed E-state index contributed by atoms with van der Waals surface area (Å²) >= 11 is 4.92. The third-order valence-electron chi connectivity index (χ3n) is 2.15. The standard InChI is InChI=1S/C9H8BrNO2S/c10-6-3-4-14-7(6)5-11-8(12)1-2-9(11)13/h3-4H,1-2,5H2. The number of hydrogen-bond acceptors (Lipinski definition) is 3. The zero-order valence-electron chi connectivity index (χ0n) is 7.33. The van der Waals surface area contributed by atoms with Gasteiger partial charge in [-0.2, -0.15) is 0 Å². The van der Waals surface area contributed by atoms with Gasteiger partial charge in [0, 0.05) is 22.2 Å². The second-order valence-corrected chi connectivity index (χ2v) is 4.92. The van der Waals surface area contributed by atoms with Crippen molar-refractivity contribution in [1.82, 2.24) is 4.90 Å². The van der Waals surface area contributed by atoms with Gasteiger partial charge in [-0.25, -0.2) is 0 Å². The van der Waals surface area contributed by atoms with Crippen molar-refractivity contribution in [2.75, 3.05) is 0 Å². The molecule has 14 heavy (non-hydrogen) atoms. The third kappa shape index (κ3) is 1.74. The molecule has 0 spiro atoms. The highest BCUT2D eigenvalue weighted by molar-refractivity contribution is 9.10. The molecule has 0 aromatic carbocycles. The highest BCUT2D eigenvalue weighted by Crippen LogP contribution is 2.26. The van der Waals surface area contributed by atoms with Crippen molar-refractivity contribution in [2.45, 2.75) is 19.4 Å². The van der Waals surface area contributed by atoms with E-state index in [1.807, 2.05) is 11.4 Å². The average Bonchev–Trinajstić information content (AvgIpc) is 2.67. The number of imide groups is 1. The molecule has 0 unspecified atom stereocenters. The maximum absolute atomic E-state index is 11.3. The number of hydrogen-bond donors (Lipinski definition) is 0. The van der Waals surface area contributed by atoms with Gasteiger partial charge in [-0.1, -0.05) is 0 Å². The van der Waals surface area contributed by atoms with E-state index in [0.717, 1.165) is 9.35 Å². The van der Waals surface area contributed by atoms with E-state index in [1.165, 1.54) is 4.90 Å². The number of nitrogens with zero attached hydrogens (tertiary/aromatic N) is 1. The number of carbonyl (C=O) groups excluding carboxylic acids is 2. The van der Waals surface area contributed by atoms with E-state index in [1.54, 1.807) is 11.3 Å². The van der Waals surface area contributed by atoms with Crippen molar-refractivity contribution in [3.63, 3.8) is 0 Å². The fourth-order valence-corrected chi connectivity index (χ4v) is 2.85. The lowest BCUT2D eigenvalue weighted by Crippen LogP contribution is -2.27. The molecule has 2 rings (SSSR count). The molecule has 1 aliphatic rings. The summed E-state index contributed by atoms with van der Waals surface area (Å²) in [6.45, 7) is 0.413. The Balaban J connectivity index is 2.15. The minimum absolute atomic E-state index is 0.0599. The van der Waals surface area contributed by atoms with E-state index in [2.05, 4.69) is 15.9 Å². The lowest BCUT2D eigenvalue weighted by molar-refractivity contribution is -0.138. The number of carbonyl (C=O) groups is 2. The molecule has 0 N–H and O–H groups in total. The minimum atomic E-state index is -0.0599. The zero-order valence-corrected chi connectivity index (χ0v) is 9.73. The zero-order chi connectivity index (χ0) is 10.1. The molecule has 1 aliphatic heterocycles. The van der Waals surface area contributed by atoms with Crippen LogP contribution in [0.4, 0.5) is 0 Å². The fraction of sp³-hybridized carbons (Fsp3) is 0.333. The summed E-state index contributed by atoms with van der Waals surface area (Å²) in [7, 11) is 0. The maximum atomic E-state index is 11.3. The summed E-state index contributed by atoms with van der Waals surface area (Å²) in [6.07, 6.45) is 0.726. The Labute approximate surface area is 93.8 Å². The molecule has 0 radical (unpaired) electrons. The first-order valence-corrected chi connectivity index (χ1v) is 5.91. The number of thiophene rings is 1. The molecule has 0 saturated carbocycles. The van der Waals surface area contributed by atoms with Crippen molar-refractivity contribution in [2.24, 2.45) is 0 Å². The predicted octanol–water partition coefficient (Wildman–Crippen LogP) is 2.16. The van der Waals surface area contributed by atoms with E-state index in [0.29, 0.717) is 19.4 Å². The van der Waals surface area contributed by atoms with Crippen molar-refractivity contribution in [3.05, 3.63) is 20.8 Å². The van der Waals surface area contributed by atoms with E-state index >= 15 is 0 Å². The molecule has 1 aromatic heterocycles. The van der Waals surface area contributed by atoms with Gasteiger partial charge in [0.2, 0.25) is 11.8 Å². The van der Waals surface area contributed by atoms with Crippen LogP contribution >= 0.6 is 27.3 Å². The second-order valence-electron chi connectivity index (χ2n) is 3.07. The first kappa shape index (κ1) is 9.86. The molecular formula is C9H8BrNO2S. The highest BCUT2D eigenvalue weighted by atomic mass is 79.9. The van der Waals surface area contributed by atoms with E-state index < -0.39 is 0 Å². The highest BCUT2D eigenvalue weighted by Gasteiger charge is 2.29. The van der Waals surface area contributed by atoms with Crippen molar-refractivity contribution in [1.29, 1.82) is 0 Å². The third-order valence-corrected chi connectivity index (χ3v) is 4.06. The molecule has 0 aliphatic carbocycles. The second kappa shape index (κ2) is 3.82. The van der Waals surface area contributed by atoms with Gasteiger partial charge in [-0.15, -0.1) is 11.3 Å². The fourth-order valence-electron chi connectivity index (χ4n) is 1.38. The van der Waals surface area contributed by atoms with Crippen LogP contribution in [0.25, 0.3) is 0 Å². The van der Waals surface area contributed by atoms with Crippen molar-refractivity contribution in [3.8, 4) is 0 Å².